The van der Waals surface area contributed by atoms with Gasteiger partial charge in [0.1, 0.15) is 0 Å². The SMILES string of the molecule is CC1(C)CC(=O)C2=C(C1)N(c1ccc([N+](=O)[O-])cc1)C(=O)CC2c1ccccc1C(F)(F)F. The van der Waals surface area contributed by atoms with Gasteiger partial charge in [-0.2, -0.15) is 13.2 Å². The standard InChI is InChI=1S/C24H21F3N2O4/c1-23(2)12-19-22(20(30)13-23)17(16-5-3-4-6-18(16)24(25,26)27)11-21(31)28(19)14-7-9-15(10-8-14)29(32)33/h3-10,17H,11-13H2,1-2H3. The van der Waals surface area contributed by atoms with Crippen LogP contribution in [0, 0.1) is 15.5 Å². The minimum Gasteiger partial charge on any atom is -0.294 e. The van der Waals surface area contributed by atoms with Gasteiger partial charge in [-0.05, 0) is 35.6 Å². The van der Waals surface area contributed by atoms with E-state index in [0.717, 1.165) is 6.07 Å². The van der Waals surface area contributed by atoms with Crippen molar-refractivity contribution in [1.29, 1.82) is 0 Å². The zero-order valence-electron chi connectivity index (χ0n) is 18.0. The first-order chi connectivity index (χ1) is 15.4. The Hall–Kier alpha value is -3.49. The molecule has 0 N–H and O–H groups in total. The van der Waals surface area contributed by atoms with Crippen LogP contribution in [0.3, 0.4) is 0 Å². The van der Waals surface area contributed by atoms with Crippen LogP contribution >= 0.6 is 0 Å². The number of nitro benzene ring substituents is 1. The van der Waals surface area contributed by atoms with E-state index in [1.165, 1.54) is 47.4 Å². The average molecular weight is 458 g/mol. The lowest BCUT2D eigenvalue weighted by molar-refractivity contribution is -0.384. The molecule has 1 unspecified atom stereocenters. The van der Waals surface area contributed by atoms with Gasteiger partial charge in [-0.1, -0.05) is 32.0 Å². The van der Waals surface area contributed by atoms with Gasteiger partial charge in [0, 0.05) is 47.8 Å². The second-order valence-corrected chi connectivity index (χ2v) is 9.15. The Bertz CT molecular complexity index is 1180. The fraction of sp³-hybridized carbons (Fsp3) is 0.333. The number of ketones is 1. The van der Waals surface area contributed by atoms with Crippen LogP contribution < -0.4 is 4.90 Å². The van der Waals surface area contributed by atoms with Gasteiger partial charge in [0.15, 0.2) is 5.78 Å². The Morgan fingerprint density at radius 3 is 2.27 bits per heavy atom. The highest BCUT2D eigenvalue weighted by Gasteiger charge is 2.46. The number of carbonyl (C=O) groups excluding carboxylic acids is 2. The lowest BCUT2D eigenvalue weighted by Crippen LogP contribution is -2.44. The summed E-state index contributed by atoms with van der Waals surface area (Å²) in [4.78, 5) is 38.3. The topological polar surface area (TPSA) is 80.5 Å². The maximum atomic E-state index is 13.7. The smallest absolute Gasteiger partial charge is 0.294 e. The largest absolute Gasteiger partial charge is 0.416 e. The van der Waals surface area contributed by atoms with E-state index < -0.39 is 33.9 Å². The number of halogens is 3. The maximum absolute atomic E-state index is 13.7. The van der Waals surface area contributed by atoms with Crippen LogP contribution in [0.25, 0.3) is 0 Å². The van der Waals surface area contributed by atoms with Crippen molar-refractivity contribution < 1.29 is 27.7 Å². The van der Waals surface area contributed by atoms with Crippen LogP contribution in [-0.2, 0) is 15.8 Å². The number of non-ortho nitro benzene ring substituents is 1. The molecular weight excluding hydrogens is 437 g/mol. The van der Waals surface area contributed by atoms with E-state index in [0.29, 0.717) is 17.8 Å². The number of Topliss-reactive ketones (excluding diaryl/α,β-unsaturated/α-hetero) is 1. The minimum atomic E-state index is -4.63. The van der Waals surface area contributed by atoms with Gasteiger partial charge < -0.3 is 0 Å². The molecule has 4 rings (SSSR count). The van der Waals surface area contributed by atoms with Crippen molar-refractivity contribution in [3.63, 3.8) is 0 Å². The maximum Gasteiger partial charge on any atom is 0.416 e. The highest BCUT2D eigenvalue weighted by molar-refractivity contribution is 6.07. The van der Waals surface area contributed by atoms with Crippen molar-refractivity contribution in [2.24, 2.45) is 5.41 Å². The summed E-state index contributed by atoms with van der Waals surface area (Å²) in [7, 11) is 0. The van der Waals surface area contributed by atoms with Crippen LogP contribution in [0.1, 0.15) is 50.2 Å². The number of carbonyl (C=O) groups is 2. The Labute approximate surface area is 187 Å². The monoisotopic (exact) mass is 458 g/mol. The quantitative estimate of drug-likeness (QED) is 0.432. The van der Waals surface area contributed by atoms with E-state index in [9.17, 15) is 32.9 Å². The predicted molar refractivity (Wildman–Crippen MR) is 114 cm³/mol. The van der Waals surface area contributed by atoms with Gasteiger partial charge in [-0.25, -0.2) is 0 Å². The van der Waals surface area contributed by atoms with Crippen LogP contribution in [0.4, 0.5) is 24.5 Å². The number of hydrogen-bond acceptors (Lipinski definition) is 4. The highest BCUT2D eigenvalue weighted by atomic mass is 19.4. The molecule has 0 spiro atoms. The van der Waals surface area contributed by atoms with Crippen molar-refractivity contribution in [2.45, 2.75) is 45.2 Å². The summed E-state index contributed by atoms with van der Waals surface area (Å²) in [6.45, 7) is 3.72. The zero-order chi connectivity index (χ0) is 24.1. The summed E-state index contributed by atoms with van der Waals surface area (Å²) in [5.41, 5.74) is -0.702. The van der Waals surface area contributed by atoms with Crippen LogP contribution in [0.2, 0.25) is 0 Å². The number of allylic oxidation sites excluding steroid dienone is 2. The third kappa shape index (κ3) is 4.15. The average Bonchev–Trinajstić information content (AvgIpc) is 2.71. The van der Waals surface area contributed by atoms with E-state index in [2.05, 4.69) is 0 Å². The molecule has 1 aliphatic heterocycles. The second-order valence-electron chi connectivity index (χ2n) is 9.15. The molecule has 0 fully saturated rings. The first-order valence-electron chi connectivity index (χ1n) is 10.4. The summed E-state index contributed by atoms with van der Waals surface area (Å²) >= 11 is 0. The summed E-state index contributed by atoms with van der Waals surface area (Å²) in [5, 5.41) is 11.0. The van der Waals surface area contributed by atoms with Gasteiger partial charge in [0.2, 0.25) is 5.91 Å². The third-order valence-electron chi connectivity index (χ3n) is 6.10. The first kappa shape index (κ1) is 22.7. The number of hydrogen-bond donors (Lipinski definition) is 0. The molecule has 0 saturated carbocycles. The molecule has 1 aliphatic carbocycles. The number of amides is 1. The fourth-order valence-electron chi connectivity index (χ4n) is 4.76. The number of anilines is 1. The molecule has 6 nitrogen and oxygen atoms in total. The Morgan fingerprint density at radius 2 is 1.67 bits per heavy atom. The molecule has 33 heavy (non-hydrogen) atoms. The Kier molecular flexibility index (Phi) is 5.38. The van der Waals surface area contributed by atoms with Gasteiger partial charge in [-0.15, -0.1) is 0 Å². The number of nitrogens with zero attached hydrogens (tertiary/aromatic N) is 2. The first-order valence-corrected chi connectivity index (χ1v) is 10.4. The molecule has 172 valence electrons. The van der Waals surface area contributed by atoms with Gasteiger partial charge in [0.25, 0.3) is 5.69 Å². The summed E-state index contributed by atoms with van der Waals surface area (Å²) in [6, 6.07) is 10.4. The molecule has 2 aromatic rings. The molecule has 1 heterocycles. The van der Waals surface area contributed by atoms with Crippen LogP contribution in [0.5, 0.6) is 0 Å². The molecular formula is C24H21F3N2O4. The molecule has 0 radical (unpaired) electrons. The van der Waals surface area contributed by atoms with E-state index in [4.69, 9.17) is 0 Å². The van der Waals surface area contributed by atoms with Crippen molar-refractivity contribution in [3.8, 4) is 0 Å². The molecule has 0 bridgehead atoms. The summed E-state index contributed by atoms with van der Waals surface area (Å²) < 4.78 is 41.2. The lowest BCUT2D eigenvalue weighted by atomic mass is 9.68. The minimum absolute atomic E-state index is 0.0951. The molecule has 0 aromatic heterocycles. The molecule has 9 heteroatoms. The molecule has 0 saturated heterocycles. The van der Waals surface area contributed by atoms with Gasteiger partial charge in [0.05, 0.1) is 10.5 Å². The van der Waals surface area contributed by atoms with Crippen LogP contribution in [0.15, 0.2) is 59.8 Å². The van der Waals surface area contributed by atoms with E-state index in [1.807, 2.05) is 13.8 Å². The second kappa shape index (κ2) is 7.83. The lowest BCUT2D eigenvalue weighted by Gasteiger charge is -2.43. The summed E-state index contributed by atoms with van der Waals surface area (Å²) in [6.07, 6.45) is -4.48. The number of rotatable bonds is 3. The Balaban J connectivity index is 1.91. The summed E-state index contributed by atoms with van der Waals surface area (Å²) in [5.74, 6) is -1.76. The van der Waals surface area contributed by atoms with E-state index >= 15 is 0 Å². The zero-order valence-corrected chi connectivity index (χ0v) is 18.0. The third-order valence-corrected chi connectivity index (χ3v) is 6.10. The van der Waals surface area contributed by atoms with Crippen molar-refractivity contribution >= 4 is 23.1 Å². The normalized spacial score (nSPS) is 20.6. The number of nitro groups is 1. The number of alkyl halides is 3. The van der Waals surface area contributed by atoms with Crippen molar-refractivity contribution in [2.75, 3.05) is 4.90 Å². The molecule has 1 amide bonds. The van der Waals surface area contributed by atoms with E-state index in [-0.39, 0.29) is 35.4 Å². The van der Waals surface area contributed by atoms with Crippen LogP contribution in [-0.4, -0.2) is 16.6 Å². The molecule has 2 aliphatic rings. The van der Waals surface area contributed by atoms with E-state index in [1.54, 1.807) is 0 Å². The Morgan fingerprint density at radius 1 is 1.03 bits per heavy atom. The van der Waals surface area contributed by atoms with Crippen molar-refractivity contribution in [3.05, 3.63) is 81.0 Å². The van der Waals surface area contributed by atoms with Gasteiger partial charge >= 0.3 is 6.18 Å². The number of benzene rings is 2. The fourth-order valence-corrected chi connectivity index (χ4v) is 4.76. The molecule has 2 aromatic carbocycles. The molecule has 1 atom stereocenters. The highest BCUT2D eigenvalue weighted by Crippen LogP contribution is 2.50. The predicted octanol–water partition coefficient (Wildman–Crippen LogP) is 5.78. The van der Waals surface area contributed by atoms with Crippen molar-refractivity contribution in [1.82, 2.24) is 0 Å². The van der Waals surface area contributed by atoms with Gasteiger partial charge in [-0.3, -0.25) is 24.6 Å².